The van der Waals surface area contributed by atoms with Crippen LogP contribution in [0.5, 0.6) is 0 Å². The van der Waals surface area contributed by atoms with Gasteiger partial charge in [-0.2, -0.15) is 0 Å². The van der Waals surface area contributed by atoms with Gasteiger partial charge in [0.05, 0.1) is 5.60 Å². The van der Waals surface area contributed by atoms with Crippen molar-refractivity contribution in [3.05, 3.63) is 29.3 Å². The van der Waals surface area contributed by atoms with Crippen molar-refractivity contribution in [3.63, 3.8) is 0 Å². The van der Waals surface area contributed by atoms with Gasteiger partial charge >= 0.3 is 0 Å². The molecule has 0 bridgehead atoms. The number of anilines is 1. The van der Waals surface area contributed by atoms with Gasteiger partial charge in [0.25, 0.3) is 0 Å². The second-order valence-electron chi connectivity index (χ2n) is 5.64. The van der Waals surface area contributed by atoms with Gasteiger partial charge in [-0.25, -0.2) is 0 Å². The van der Waals surface area contributed by atoms with Crippen LogP contribution in [0.2, 0.25) is 0 Å². The summed E-state index contributed by atoms with van der Waals surface area (Å²) in [6.45, 7) is 4.55. The van der Waals surface area contributed by atoms with Gasteiger partial charge < -0.3 is 10.4 Å². The molecule has 0 aliphatic heterocycles. The average Bonchev–Trinajstić information content (AvgIpc) is 2.28. The first-order valence-corrected chi connectivity index (χ1v) is 6.63. The normalized spacial score (nSPS) is 15.5. The molecule has 1 aliphatic rings. The van der Waals surface area contributed by atoms with Crippen molar-refractivity contribution in [2.45, 2.75) is 51.6 Å². The highest BCUT2D eigenvalue weighted by Crippen LogP contribution is 2.27. The quantitative estimate of drug-likeness (QED) is 0.837. The molecule has 0 atom stereocenters. The van der Waals surface area contributed by atoms with E-state index in [1.54, 1.807) is 0 Å². The van der Waals surface area contributed by atoms with E-state index in [1.807, 2.05) is 13.8 Å². The summed E-state index contributed by atoms with van der Waals surface area (Å²) < 4.78 is 0. The van der Waals surface area contributed by atoms with E-state index in [2.05, 4.69) is 23.5 Å². The number of hydrogen-bond acceptors (Lipinski definition) is 2. The molecule has 0 heterocycles. The van der Waals surface area contributed by atoms with Gasteiger partial charge in [-0.05, 0) is 63.1 Å². The highest BCUT2D eigenvalue weighted by Gasteiger charge is 2.14. The van der Waals surface area contributed by atoms with Crippen molar-refractivity contribution < 1.29 is 5.11 Å². The molecular formula is C15H23NO. The number of fused-ring (bicyclic) bond motifs is 1. The molecule has 0 amide bonds. The zero-order valence-corrected chi connectivity index (χ0v) is 10.9. The molecule has 0 aromatic heterocycles. The molecule has 2 N–H and O–H groups in total. The molecule has 0 saturated carbocycles. The summed E-state index contributed by atoms with van der Waals surface area (Å²) in [5.74, 6) is 0. The minimum Gasteiger partial charge on any atom is -0.390 e. The second-order valence-corrected chi connectivity index (χ2v) is 5.64. The van der Waals surface area contributed by atoms with Crippen LogP contribution in [0.4, 0.5) is 5.69 Å². The van der Waals surface area contributed by atoms with Crippen LogP contribution in [0.3, 0.4) is 0 Å². The van der Waals surface area contributed by atoms with Crippen molar-refractivity contribution in [1.29, 1.82) is 0 Å². The minimum atomic E-state index is -0.582. The summed E-state index contributed by atoms with van der Waals surface area (Å²) in [6, 6.07) is 6.54. The zero-order chi connectivity index (χ0) is 12.3. The highest BCUT2D eigenvalue weighted by atomic mass is 16.3. The standard InChI is InChI=1S/C15H23NO/c1-15(2,17)10-11-16-14-9-5-7-12-6-3-4-8-13(12)14/h5,7,9,16-17H,3-4,6,8,10-11H2,1-2H3. The summed E-state index contributed by atoms with van der Waals surface area (Å²) in [6.07, 6.45) is 5.81. The van der Waals surface area contributed by atoms with E-state index in [0.717, 1.165) is 13.0 Å². The van der Waals surface area contributed by atoms with Crippen LogP contribution in [-0.2, 0) is 12.8 Å². The van der Waals surface area contributed by atoms with Crippen molar-refractivity contribution in [2.75, 3.05) is 11.9 Å². The Balaban J connectivity index is 2.01. The zero-order valence-electron chi connectivity index (χ0n) is 10.9. The maximum absolute atomic E-state index is 9.69. The summed E-state index contributed by atoms with van der Waals surface area (Å²) >= 11 is 0. The third-order valence-corrected chi connectivity index (χ3v) is 3.45. The molecule has 0 saturated heterocycles. The highest BCUT2D eigenvalue weighted by molar-refractivity contribution is 5.55. The fourth-order valence-electron chi connectivity index (χ4n) is 2.45. The van der Waals surface area contributed by atoms with E-state index < -0.39 is 5.60 Å². The minimum absolute atomic E-state index is 0.582. The van der Waals surface area contributed by atoms with Gasteiger partial charge in [0.2, 0.25) is 0 Å². The van der Waals surface area contributed by atoms with E-state index in [-0.39, 0.29) is 0 Å². The molecule has 0 fully saturated rings. The van der Waals surface area contributed by atoms with Crippen LogP contribution in [-0.4, -0.2) is 17.3 Å². The predicted molar refractivity (Wildman–Crippen MR) is 72.5 cm³/mol. The Kier molecular flexibility index (Phi) is 3.72. The topological polar surface area (TPSA) is 32.3 Å². The first-order chi connectivity index (χ1) is 8.06. The largest absolute Gasteiger partial charge is 0.390 e. The number of hydrogen-bond donors (Lipinski definition) is 2. The van der Waals surface area contributed by atoms with Gasteiger partial charge in [-0.3, -0.25) is 0 Å². The molecule has 94 valence electrons. The number of rotatable bonds is 4. The van der Waals surface area contributed by atoms with Gasteiger partial charge in [0.15, 0.2) is 0 Å². The molecule has 2 rings (SSSR count). The van der Waals surface area contributed by atoms with Gasteiger partial charge in [0.1, 0.15) is 0 Å². The first-order valence-electron chi connectivity index (χ1n) is 6.63. The van der Waals surface area contributed by atoms with Crippen molar-refractivity contribution in [3.8, 4) is 0 Å². The molecule has 1 aromatic rings. The Hall–Kier alpha value is -1.02. The van der Waals surface area contributed by atoms with Crippen LogP contribution < -0.4 is 5.32 Å². The Labute approximate surface area is 104 Å². The summed E-state index contributed by atoms with van der Waals surface area (Å²) in [7, 11) is 0. The molecule has 0 unspecified atom stereocenters. The fourth-order valence-corrected chi connectivity index (χ4v) is 2.45. The van der Waals surface area contributed by atoms with Gasteiger partial charge in [-0.15, -0.1) is 0 Å². The summed E-state index contributed by atoms with van der Waals surface area (Å²) in [5.41, 5.74) is 3.69. The van der Waals surface area contributed by atoms with E-state index in [9.17, 15) is 5.11 Å². The number of nitrogens with one attached hydrogen (secondary N) is 1. The Morgan fingerprint density at radius 3 is 2.76 bits per heavy atom. The average molecular weight is 233 g/mol. The van der Waals surface area contributed by atoms with Gasteiger partial charge in [-0.1, -0.05) is 12.1 Å². The second kappa shape index (κ2) is 5.09. The van der Waals surface area contributed by atoms with Crippen LogP contribution in [0.1, 0.15) is 44.2 Å². The molecule has 1 aromatic carbocycles. The molecular weight excluding hydrogens is 210 g/mol. The van der Waals surface area contributed by atoms with Crippen LogP contribution in [0.25, 0.3) is 0 Å². The lowest BCUT2D eigenvalue weighted by Crippen LogP contribution is -2.23. The molecule has 2 nitrogen and oxygen atoms in total. The lowest BCUT2D eigenvalue weighted by molar-refractivity contribution is 0.0749. The lowest BCUT2D eigenvalue weighted by atomic mass is 9.90. The third kappa shape index (κ3) is 3.47. The smallest absolute Gasteiger partial charge is 0.0608 e. The fraction of sp³-hybridized carbons (Fsp3) is 0.600. The molecule has 0 spiro atoms. The van der Waals surface area contributed by atoms with Crippen LogP contribution >= 0.6 is 0 Å². The number of benzene rings is 1. The lowest BCUT2D eigenvalue weighted by Gasteiger charge is -2.22. The molecule has 1 aliphatic carbocycles. The summed E-state index contributed by atoms with van der Waals surface area (Å²) in [4.78, 5) is 0. The predicted octanol–water partition coefficient (Wildman–Crippen LogP) is 3.14. The maximum atomic E-state index is 9.69. The molecule has 17 heavy (non-hydrogen) atoms. The van der Waals surface area contributed by atoms with Crippen molar-refractivity contribution in [2.24, 2.45) is 0 Å². The Bertz CT molecular complexity index is 379. The third-order valence-electron chi connectivity index (χ3n) is 3.45. The van der Waals surface area contributed by atoms with Crippen molar-refractivity contribution in [1.82, 2.24) is 0 Å². The monoisotopic (exact) mass is 233 g/mol. The van der Waals surface area contributed by atoms with Crippen LogP contribution in [0.15, 0.2) is 18.2 Å². The van der Waals surface area contributed by atoms with E-state index in [1.165, 1.54) is 42.5 Å². The Morgan fingerprint density at radius 1 is 1.24 bits per heavy atom. The molecule has 0 radical (unpaired) electrons. The first kappa shape index (κ1) is 12.4. The van der Waals surface area contributed by atoms with Gasteiger partial charge in [0, 0.05) is 12.2 Å². The SMILES string of the molecule is CC(C)(O)CCNc1cccc2c1CCCC2. The van der Waals surface area contributed by atoms with E-state index in [0.29, 0.717) is 0 Å². The number of aryl methyl sites for hydroxylation is 1. The molecule has 2 heteroatoms. The van der Waals surface area contributed by atoms with Crippen molar-refractivity contribution >= 4 is 5.69 Å². The van der Waals surface area contributed by atoms with E-state index in [4.69, 9.17) is 0 Å². The number of aliphatic hydroxyl groups is 1. The van der Waals surface area contributed by atoms with E-state index >= 15 is 0 Å². The maximum Gasteiger partial charge on any atom is 0.0608 e. The van der Waals surface area contributed by atoms with Crippen LogP contribution in [0, 0.1) is 0 Å². The Morgan fingerprint density at radius 2 is 2.00 bits per heavy atom. The summed E-state index contributed by atoms with van der Waals surface area (Å²) in [5, 5.41) is 13.2.